The maximum atomic E-state index is 13.5. The number of aryl methyl sites for hydroxylation is 1. The average molecular weight is 265 g/mol. The van der Waals surface area contributed by atoms with Crippen molar-refractivity contribution in [1.29, 1.82) is 0 Å². The molecule has 2 aromatic carbocycles. The Balaban J connectivity index is 2.56. The zero-order valence-electron chi connectivity index (χ0n) is 9.58. The first kappa shape index (κ1) is 12.6. The van der Waals surface area contributed by atoms with Gasteiger partial charge in [0, 0.05) is 5.02 Å². The minimum atomic E-state index is -1.06. The van der Waals surface area contributed by atoms with Crippen LogP contribution in [-0.2, 0) is 0 Å². The number of aromatic carboxylic acids is 1. The lowest BCUT2D eigenvalue weighted by molar-refractivity contribution is 0.0697. The molecule has 0 heterocycles. The summed E-state index contributed by atoms with van der Waals surface area (Å²) in [5, 5.41) is 9.26. The van der Waals surface area contributed by atoms with Crippen LogP contribution < -0.4 is 0 Å². The van der Waals surface area contributed by atoms with Gasteiger partial charge in [-0.2, -0.15) is 0 Å². The molecule has 0 aliphatic rings. The Morgan fingerprint density at radius 2 is 1.89 bits per heavy atom. The van der Waals surface area contributed by atoms with Crippen LogP contribution >= 0.6 is 11.6 Å². The van der Waals surface area contributed by atoms with Crippen molar-refractivity contribution in [1.82, 2.24) is 0 Å². The fourth-order valence-corrected chi connectivity index (χ4v) is 1.89. The van der Waals surface area contributed by atoms with Gasteiger partial charge < -0.3 is 5.11 Å². The highest BCUT2D eigenvalue weighted by atomic mass is 35.5. The highest BCUT2D eigenvalue weighted by Gasteiger charge is 2.08. The second-order valence-electron chi connectivity index (χ2n) is 4.00. The van der Waals surface area contributed by atoms with Gasteiger partial charge in [0.05, 0.1) is 5.56 Å². The van der Waals surface area contributed by atoms with Crippen LogP contribution in [0.3, 0.4) is 0 Å². The molecule has 0 atom stereocenters. The summed E-state index contributed by atoms with van der Waals surface area (Å²) < 4.78 is 13.5. The van der Waals surface area contributed by atoms with Crippen molar-refractivity contribution in [2.24, 2.45) is 0 Å². The molecule has 4 heteroatoms. The molecule has 0 unspecified atom stereocenters. The standard InChI is InChI=1S/C14H10ClFO2/c1-8-2-3-9(7-13(8)16)10-4-11(14(17)18)6-12(15)5-10/h2-7H,1H3,(H,17,18). The van der Waals surface area contributed by atoms with E-state index >= 15 is 0 Å². The van der Waals surface area contributed by atoms with Gasteiger partial charge in [-0.15, -0.1) is 0 Å². The molecule has 2 nitrogen and oxygen atoms in total. The third-order valence-corrected chi connectivity index (χ3v) is 2.87. The smallest absolute Gasteiger partial charge is 0.335 e. The monoisotopic (exact) mass is 264 g/mol. The third kappa shape index (κ3) is 2.51. The van der Waals surface area contributed by atoms with E-state index < -0.39 is 5.97 Å². The minimum absolute atomic E-state index is 0.0819. The molecule has 1 N–H and O–H groups in total. The van der Waals surface area contributed by atoms with E-state index in [-0.39, 0.29) is 11.4 Å². The molecule has 92 valence electrons. The van der Waals surface area contributed by atoms with Crippen molar-refractivity contribution in [2.75, 3.05) is 0 Å². The number of halogens is 2. The van der Waals surface area contributed by atoms with E-state index in [2.05, 4.69) is 0 Å². The third-order valence-electron chi connectivity index (χ3n) is 2.65. The van der Waals surface area contributed by atoms with Crippen LogP contribution in [0.5, 0.6) is 0 Å². The molecule has 0 saturated heterocycles. The summed E-state index contributed by atoms with van der Waals surface area (Å²) in [5.41, 5.74) is 1.81. The normalized spacial score (nSPS) is 10.4. The van der Waals surface area contributed by atoms with Crippen molar-refractivity contribution >= 4 is 17.6 Å². The number of carbonyl (C=O) groups is 1. The van der Waals surface area contributed by atoms with Crippen LogP contribution in [0.2, 0.25) is 5.02 Å². The van der Waals surface area contributed by atoms with Crippen LogP contribution in [0.15, 0.2) is 36.4 Å². The lowest BCUT2D eigenvalue weighted by Crippen LogP contribution is -1.96. The Morgan fingerprint density at radius 3 is 2.50 bits per heavy atom. The summed E-state index contributed by atoms with van der Waals surface area (Å²) in [6.45, 7) is 1.67. The van der Waals surface area contributed by atoms with Crippen molar-refractivity contribution in [3.63, 3.8) is 0 Å². The van der Waals surface area contributed by atoms with Crippen molar-refractivity contribution in [2.45, 2.75) is 6.92 Å². The lowest BCUT2D eigenvalue weighted by Gasteiger charge is -2.06. The summed E-state index contributed by atoms with van der Waals surface area (Å²) in [7, 11) is 0. The SMILES string of the molecule is Cc1ccc(-c2cc(Cl)cc(C(=O)O)c2)cc1F. The fourth-order valence-electron chi connectivity index (χ4n) is 1.65. The molecule has 0 saturated carbocycles. The molecular weight excluding hydrogens is 255 g/mol. The van der Waals surface area contributed by atoms with Crippen molar-refractivity contribution < 1.29 is 14.3 Å². The van der Waals surface area contributed by atoms with E-state index in [0.29, 0.717) is 21.7 Å². The average Bonchev–Trinajstić information content (AvgIpc) is 2.31. The van der Waals surface area contributed by atoms with E-state index in [1.54, 1.807) is 25.1 Å². The molecule has 0 aliphatic heterocycles. The first-order valence-electron chi connectivity index (χ1n) is 5.28. The minimum Gasteiger partial charge on any atom is -0.478 e. The van der Waals surface area contributed by atoms with E-state index in [1.165, 1.54) is 18.2 Å². The molecule has 0 aromatic heterocycles. The first-order chi connectivity index (χ1) is 8.47. The predicted molar refractivity (Wildman–Crippen MR) is 68.5 cm³/mol. The van der Waals surface area contributed by atoms with Crippen molar-refractivity contribution in [3.8, 4) is 11.1 Å². The lowest BCUT2D eigenvalue weighted by atomic mass is 10.0. The van der Waals surface area contributed by atoms with Gasteiger partial charge in [-0.1, -0.05) is 23.7 Å². The van der Waals surface area contributed by atoms with Gasteiger partial charge in [0.2, 0.25) is 0 Å². The number of hydrogen-bond donors (Lipinski definition) is 1. The Labute approximate surface area is 109 Å². The maximum absolute atomic E-state index is 13.5. The Hall–Kier alpha value is -1.87. The number of carboxylic acids is 1. The summed E-state index contributed by atoms with van der Waals surface area (Å²) >= 11 is 5.86. The second-order valence-corrected chi connectivity index (χ2v) is 4.43. The van der Waals surface area contributed by atoms with Crippen LogP contribution in [0.4, 0.5) is 4.39 Å². The largest absolute Gasteiger partial charge is 0.478 e. The molecule has 0 amide bonds. The summed E-state index contributed by atoms with van der Waals surface area (Å²) in [6.07, 6.45) is 0. The van der Waals surface area contributed by atoms with Gasteiger partial charge in [0.1, 0.15) is 5.82 Å². The van der Waals surface area contributed by atoms with Crippen LogP contribution in [0, 0.1) is 12.7 Å². The summed E-state index contributed by atoms with van der Waals surface area (Å²) in [5.74, 6) is -1.39. The van der Waals surface area contributed by atoms with Crippen LogP contribution in [0.25, 0.3) is 11.1 Å². The Bertz CT molecular complexity index is 623. The van der Waals surface area contributed by atoms with E-state index in [0.717, 1.165) is 0 Å². The van der Waals surface area contributed by atoms with E-state index in [4.69, 9.17) is 16.7 Å². The highest BCUT2D eigenvalue weighted by molar-refractivity contribution is 6.31. The molecule has 2 aromatic rings. The van der Waals surface area contributed by atoms with Gasteiger partial charge in [-0.3, -0.25) is 0 Å². The Morgan fingerprint density at radius 1 is 1.17 bits per heavy atom. The van der Waals surface area contributed by atoms with Gasteiger partial charge in [-0.05, 0) is 47.9 Å². The van der Waals surface area contributed by atoms with Crippen LogP contribution in [0.1, 0.15) is 15.9 Å². The summed E-state index contributed by atoms with van der Waals surface area (Å²) in [4.78, 5) is 10.9. The van der Waals surface area contributed by atoms with Crippen LogP contribution in [-0.4, -0.2) is 11.1 Å². The van der Waals surface area contributed by atoms with Crippen molar-refractivity contribution in [3.05, 3.63) is 58.4 Å². The van der Waals surface area contributed by atoms with Gasteiger partial charge in [-0.25, -0.2) is 9.18 Å². The summed E-state index contributed by atoms with van der Waals surface area (Å²) in [6, 6.07) is 9.18. The first-order valence-corrected chi connectivity index (χ1v) is 5.65. The molecular formula is C14H10ClFO2. The molecule has 0 aliphatic carbocycles. The zero-order chi connectivity index (χ0) is 13.3. The molecule has 0 spiro atoms. The van der Waals surface area contributed by atoms with E-state index in [1.807, 2.05) is 0 Å². The van der Waals surface area contributed by atoms with E-state index in [9.17, 15) is 9.18 Å². The molecule has 0 radical (unpaired) electrons. The molecule has 0 fully saturated rings. The topological polar surface area (TPSA) is 37.3 Å². The van der Waals surface area contributed by atoms with Gasteiger partial charge >= 0.3 is 5.97 Å². The Kier molecular flexibility index (Phi) is 3.34. The number of carboxylic acid groups (broad SMARTS) is 1. The number of benzene rings is 2. The quantitative estimate of drug-likeness (QED) is 0.885. The van der Waals surface area contributed by atoms with Gasteiger partial charge in [0.25, 0.3) is 0 Å². The maximum Gasteiger partial charge on any atom is 0.335 e. The predicted octanol–water partition coefficient (Wildman–Crippen LogP) is 4.15. The highest BCUT2D eigenvalue weighted by Crippen LogP contribution is 2.26. The fraction of sp³-hybridized carbons (Fsp3) is 0.0714. The molecule has 0 bridgehead atoms. The number of hydrogen-bond acceptors (Lipinski definition) is 1. The zero-order valence-corrected chi connectivity index (χ0v) is 10.3. The number of rotatable bonds is 2. The second kappa shape index (κ2) is 4.78. The van der Waals surface area contributed by atoms with Gasteiger partial charge in [0.15, 0.2) is 0 Å². The molecule has 2 rings (SSSR count). The molecule has 18 heavy (non-hydrogen) atoms.